The van der Waals surface area contributed by atoms with E-state index in [0.717, 1.165) is 102 Å². The summed E-state index contributed by atoms with van der Waals surface area (Å²) >= 11 is 3.49. The first-order valence-electron chi connectivity index (χ1n) is 22.2. The Bertz CT molecular complexity index is 3550. The van der Waals surface area contributed by atoms with Gasteiger partial charge in [-0.2, -0.15) is 0 Å². The Morgan fingerprint density at radius 1 is 0.589 bits per heavy atom. The summed E-state index contributed by atoms with van der Waals surface area (Å²) in [6.07, 6.45) is 10.3. The number of carbonyl (C=O) groups excluding carboxylic acids is 1. The fourth-order valence-electron chi connectivity index (χ4n) is 8.25. The molecule has 9 aromatic rings. The molecule has 0 spiro atoms. The van der Waals surface area contributed by atoms with E-state index in [1.165, 1.54) is 11.1 Å². The summed E-state index contributed by atoms with van der Waals surface area (Å²) in [5.74, 6) is -0.505. The number of H-pyrrole nitrogens is 3. The van der Waals surface area contributed by atoms with E-state index < -0.39 is 5.91 Å². The topological polar surface area (TPSA) is 322 Å². The standard InChI is InChI=1S/C17H17N3O2.C17H15N3O.C16H15BrN2O.C2H6O.2CN.Cu.Na.H2O/c18-6-1-2-10-8-11-5-7-20-17(22)15(11)14-9-12(16(19)21)3-4-13(10)14;1-19-13-4-5-14-11(3-2-7-18)9-12-6-8-20-17(21)16(12)15(14)10-13;17-12-3-4-13-10(2-1-6-18)8-11-5-7-19-16(20)15(11)14(13)9-12;1-2-3;2*1-2;;;/h3-5,7-9H,1-2,6,18H2,(H2,19,21)(H,20,22);4-6,8-10H,2-3,7,18H2,(H,20,21);3-5,7-9H,1-2,6,18H2,(H,19,20);3H,2H2,1H3;;;;;1H2/q;;;;2*-1;+2;+1;/p-1. The molecule has 1 amide bonds. The molecule has 0 saturated carbocycles. The van der Waals surface area contributed by atoms with Gasteiger partial charge < -0.3 is 72.1 Å². The summed E-state index contributed by atoms with van der Waals surface area (Å²) in [6, 6.07) is 28.7. The third-order valence-electron chi connectivity index (χ3n) is 11.2. The number of hydrogen-bond donors (Lipinski definition) is 8. The van der Waals surface area contributed by atoms with Crippen molar-refractivity contribution < 1.29 is 62.0 Å². The molecule has 9 rings (SSSR count). The molecule has 19 heteroatoms. The van der Waals surface area contributed by atoms with E-state index in [2.05, 4.69) is 53.9 Å². The molecule has 0 fully saturated rings. The second-order valence-electron chi connectivity index (χ2n) is 15.6. The van der Waals surface area contributed by atoms with Gasteiger partial charge in [0.2, 0.25) is 5.91 Å². The Hall–Kier alpha value is -6.53. The monoisotopic (exact) mass is 1100 g/mol. The van der Waals surface area contributed by atoms with E-state index in [4.69, 9.17) is 58.3 Å². The number of carbonyl (C=O) groups is 1. The van der Waals surface area contributed by atoms with E-state index in [1.54, 1.807) is 49.8 Å². The fraction of sp³-hybridized carbons (Fsp3) is 0.204. The molecule has 375 valence electrons. The van der Waals surface area contributed by atoms with Crippen molar-refractivity contribution in [1.29, 1.82) is 10.5 Å². The predicted molar refractivity (Wildman–Crippen MR) is 285 cm³/mol. The van der Waals surface area contributed by atoms with E-state index >= 15 is 0 Å². The van der Waals surface area contributed by atoms with E-state index in [0.29, 0.717) is 41.7 Å². The van der Waals surface area contributed by atoms with Crippen LogP contribution in [0, 0.1) is 30.2 Å². The molecule has 1 radical (unpaired) electrons. The number of primary amides is 1. The summed E-state index contributed by atoms with van der Waals surface area (Å²) < 4.78 is 0.977. The van der Waals surface area contributed by atoms with Gasteiger partial charge in [-0.1, -0.05) is 58.4 Å². The van der Waals surface area contributed by atoms with Crippen LogP contribution in [-0.2, 0) is 36.3 Å². The van der Waals surface area contributed by atoms with Gasteiger partial charge in [-0.25, -0.2) is 4.85 Å². The molecule has 0 aliphatic rings. The van der Waals surface area contributed by atoms with Crippen molar-refractivity contribution in [2.45, 2.75) is 45.4 Å². The average Bonchev–Trinajstić information content (AvgIpc) is 3.37. The molecule has 16 nitrogen and oxygen atoms in total. The summed E-state index contributed by atoms with van der Waals surface area (Å²) in [7, 11) is 0. The van der Waals surface area contributed by atoms with Gasteiger partial charge in [-0.05, 0) is 179 Å². The van der Waals surface area contributed by atoms with Crippen LogP contribution in [-0.4, -0.2) is 57.7 Å². The first-order valence-corrected chi connectivity index (χ1v) is 23.0. The number of fused-ring (bicyclic) bond motifs is 9. The summed E-state index contributed by atoms with van der Waals surface area (Å²) in [4.78, 5) is 59.6. The number of aliphatic hydroxyl groups excluding tert-OH is 1. The van der Waals surface area contributed by atoms with Gasteiger partial charge in [0, 0.05) is 35.2 Å². The molecule has 0 saturated heterocycles. The number of nitrogens with one attached hydrogen (secondary N) is 3. The molecule has 0 aliphatic carbocycles. The molecule has 73 heavy (non-hydrogen) atoms. The molecule has 0 unspecified atom stereocenters. The van der Waals surface area contributed by atoms with E-state index in [9.17, 15) is 19.2 Å². The number of aromatic amines is 3. The Labute approximate surface area is 462 Å². The number of aliphatic hydroxyl groups is 1. The number of rotatable bonds is 10. The van der Waals surface area contributed by atoms with Crippen molar-refractivity contribution in [2.75, 3.05) is 26.2 Å². The molecular formula is C54H54BrCuN10NaO6. The van der Waals surface area contributed by atoms with Crippen molar-refractivity contribution in [3.05, 3.63) is 192 Å². The zero-order valence-electron chi connectivity index (χ0n) is 40.3. The van der Waals surface area contributed by atoms with Gasteiger partial charge in [0.05, 0.1) is 22.7 Å². The maximum Gasteiger partial charge on any atom is 2.00 e. The summed E-state index contributed by atoms with van der Waals surface area (Å²) in [5, 5.41) is 30.5. The van der Waals surface area contributed by atoms with Crippen LogP contribution in [0.3, 0.4) is 0 Å². The number of pyridine rings is 3. The molecule has 3 aromatic heterocycles. The SMILES string of the molecule is CCO.NCCCc1cc2cc[nH]c(=O)c2c2cc(Br)ccc12.NCCCc1cc2cc[nH]c(=O)c2c2cc(C(N)=O)ccc12.[C-]#N.[C-]#N.[C-]#[N+]c1ccc2c(CCCN)cc3cc[nH]c(=O)c3c2c1.[Cu+2].[Na+].[OH-]. The van der Waals surface area contributed by atoms with Crippen LogP contribution in [0.1, 0.15) is 53.2 Å². The predicted octanol–water partition coefficient (Wildman–Crippen LogP) is 5.15. The minimum absolute atomic E-state index is 0. The minimum atomic E-state index is -0.505. The Morgan fingerprint density at radius 2 is 0.932 bits per heavy atom. The second kappa shape index (κ2) is 32.5. The zero-order chi connectivity index (χ0) is 51.3. The number of hydrogen-bond acceptors (Lipinski definition) is 11. The Morgan fingerprint density at radius 3 is 1.29 bits per heavy atom. The molecule has 0 atom stereocenters. The third kappa shape index (κ3) is 16.0. The summed E-state index contributed by atoms with van der Waals surface area (Å²) in [6.45, 7) is 20.5. The molecule has 13 N–H and O–H groups in total. The number of aromatic nitrogens is 3. The fourth-order valence-corrected chi connectivity index (χ4v) is 8.61. The number of aryl methyl sites for hydroxylation is 3. The molecular weight excluding hydrogens is 1050 g/mol. The number of halogens is 1. The van der Waals surface area contributed by atoms with Gasteiger partial charge in [-0.3, -0.25) is 19.2 Å². The van der Waals surface area contributed by atoms with E-state index in [-0.39, 0.29) is 75.4 Å². The smallest absolute Gasteiger partial charge is 0.870 e. The van der Waals surface area contributed by atoms with Gasteiger partial charge in [-0.15, -0.1) is 0 Å². The van der Waals surface area contributed by atoms with Crippen molar-refractivity contribution >= 4 is 92.2 Å². The average molecular weight is 1110 g/mol. The van der Waals surface area contributed by atoms with Gasteiger partial charge in [0.15, 0.2) is 5.69 Å². The first-order chi connectivity index (χ1) is 34.0. The van der Waals surface area contributed by atoms with Crippen LogP contribution < -0.4 is 69.2 Å². The number of benzene rings is 6. The van der Waals surface area contributed by atoms with Crippen LogP contribution in [0.25, 0.3) is 69.5 Å². The molecule has 0 aliphatic heterocycles. The van der Waals surface area contributed by atoms with Gasteiger partial charge >= 0.3 is 46.6 Å². The van der Waals surface area contributed by atoms with Crippen molar-refractivity contribution in [1.82, 2.24) is 15.0 Å². The Balaban J connectivity index is 0.000000505. The largest absolute Gasteiger partial charge is 2.00 e. The van der Waals surface area contributed by atoms with Crippen LogP contribution in [0.5, 0.6) is 0 Å². The quantitative estimate of drug-likeness (QED) is 0.0503. The van der Waals surface area contributed by atoms with E-state index in [1.807, 2.05) is 48.5 Å². The van der Waals surface area contributed by atoms with Crippen molar-refractivity contribution in [3.8, 4) is 0 Å². The zero-order valence-corrected chi connectivity index (χ0v) is 44.8. The first kappa shape index (κ1) is 64.5. The molecule has 0 bridgehead atoms. The maximum atomic E-state index is 12.2. The Kier molecular flexibility index (Phi) is 28.7. The molecule has 3 heterocycles. The third-order valence-corrected chi connectivity index (χ3v) is 11.7. The van der Waals surface area contributed by atoms with Crippen LogP contribution in [0.4, 0.5) is 5.69 Å². The number of nitrogens with zero attached hydrogens (tertiary/aromatic N) is 3. The second-order valence-corrected chi connectivity index (χ2v) is 16.5. The minimum Gasteiger partial charge on any atom is -0.870 e. The van der Waals surface area contributed by atoms with Crippen LogP contribution in [0.15, 0.2) is 128 Å². The van der Waals surface area contributed by atoms with Gasteiger partial charge in [0.25, 0.3) is 16.7 Å². The normalized spacial score (nSPS) is 9.88. The van der Waals surface area contributed by atoms with Crippen molar-refractivity contribution in [2.24, 2.45) is 22.9 Å². The van der Waals surface area contributed by atoms with Crippen LogP contribution >= 0.6 is 15.9 Å². The van der Waals surface area contributed by atoms with Crippen molar-refractivity contribution in [3.63, 3.8) is 0 Å². The van der Waals surface area contributed by atoms with Gasteiger partial charge in [0.1, 0.15) is 0 Å². The maximum absolute atomic E-state index is 12.2. The van der Waals surface area contributed by atoms with Crippen LogP contribution in [0.2, 0.25) is 0 Å². The molecule has 6 aromatic carbocycles. The number of nitrogens with two attached hydrogens (primary N) is 4. The summed E-state index contributed by atoms with van der Waals surface area (Å²) in [5.41, 5.74) is 26.3. The number of amides is 1.